The van der Waals surface area contributed by atoms with Crippen molar-refractivity contribution in [2.45, 2.75) is 37.5 Å². The van der Waals surface area contributed by atoms with Crippen LogP contribution in [0, 0.1) is 20.8 Å². The highest BCUT2D eigenvalue weighted by Crippen LogP contribution is 2.26. The largest absolute Gasteiger partial charge is 0.445 e. The second kappa shape index (κ2) is 10.9. The van der Waals surface area contributed by atoms with Gasteiger partial charge in [-0.05, 0) is 67.8 Å². The number of hydrogen-bond donors (Lipinski definition) is 0. The number of rotatable bonds is 8. The van der Waals surface area contributed by atoms with E-state index < -0.39 is 21.9 Å². The van der Waals surface area contributed by atoms with Gasteiger partial charge in [-0.3, -0.25) is 4.79 Å². The summed E-state index contributed by atoms with van der Waals surface area (Å²) >= 11 is 0. The number of hydrogen-bond acceptors (Lipinski definition) is 5. The van der Waals surface area contributed by atoms with Crippen molar-refractivity contribution >= 4 is 21.6 Å². The standard InChI is InChI=1S/C31H28O5S/c1-21-9-17-28(18-10-21)37(34,35)20-24-12-15-26(16-13-24)31(33)36-30(25-7-5-4-6-8-25)29(32)27-14-11-22(2)23(3)19-27/h4-19,30H,20H2,1-3H3/t30-/m0/s1. The first-order valence-electron chi connectivity index (χ1n) is 11.9. The van der Waals surface area contributed by atoms with Crippen LogP contribution in [0.2, 0.25) is 0 Å². The highest BCUT2D eigenvalue weighted by atomic mass is 32.2. The molecule has 0 aromatic heterocycles. The summed E-state index contributed by atoms with van der Waals surface area (Å²) in [4.78, 5) is 26.7. The zero-order valence-corrected chi connectivity index (χ0v) is 21.8. The van der Waals surface area contributed by atoms with Crippen LogP contribution in [0.4, 0.5) is 0 Å². The van der Waals surface area contributed by atoms with E-state index in [0.29, 0.717) is 16.7 Å². The Morgan fingerprint density at radius 1 is 0.730 bits per heavy atom. The summed E-state index contributed by atoms with van der Waals surface area (Å²) in [5.74, 6) is -1.18. The van der Waals surface area contributed by atoms with Crippen molar-refractivity contribution in [1.29, 1.82) is 0 Å². The van der Waals surface area contributed by atoms with E-state index in [-0.39, 0.29) is 22.0 Å². The van der Waals surface area contributed by atoms with E-state index in [1.54, 1.807) is 72.8 Å². The van der Waals surface area contributed by atoms with Gasteiger partial charge in [0.2, 0.25) is 5.78 Å². The summed E-state index contributed by atoms with van der Waals surface area (Å²) in [5, 5.41) is 0. The zero-order chi connectivity index (χ0) is 26.6. The van der Waals surface area contributed by atoms with Gasteiger partial charge in [0.15, 0.2) is 15.9 Å². The lowest BCUT2D eigenvalue weighted by Crippen LogP contribution is -2.20. The Labute approximate surface area is 217 Å². The number of aryl methyl sites for hydroxylation is 3. The second-order valence-electron chi connectivity index (χ2n) is 9.13. The average Bonchev–Trinajstić information content (AvgIpc) is 2.89. The van der Waals surface area contributed by atoms with E-state index in [4.69, 9.17) is 4.74 Å². The summed E-state index contributed by atoms with van der Waals surface area (Å²) in [5.41, 5.74) is 4.82. The van der Waals surface area contributed by atoms with E-state index in [1.807, 2.05) is 32.9 Å². The zero-order valence-electron chi connectivity index (χ0n) is 21.0. The molecule has 0 bridgehead atoms. The molecule has 0 heterocycles. The van der Waals surface area contributed by atoms with E-state index in [2.05, 4.69) is 0 Å². The van der Waals surface area contributed by atoms with Crippen LogP contribution in [0.15, 0.2) is 102 Å². The predicted octanol–water partition coefficient (Wildman–Crippen LogP) is 6.37. The minimum absolute atomic E-state index is 0.191. The molecule has 0 aliphatic heterocycles. The van der Waals surface area contributed by atoms with Crippen molar-refractivity contribution in [1.82, 2.24) is 0 Å². The first-order valence-corrected chi connectivity index (χ1v) is 13.5. The maximum Gasteiger partial charge on any atom is 0.339 e. The number of benzene rings is 4. The molecule has 0 saturated heterocycles. The van der Waals surface area contributed by atoms with Gasteiger partial charge < -0.3 is 4.74 Å². The fourth-order valence-corrected chi connectivity index (χ4v) is 5.26. The Kier molecular flexibility index (Phi) is 7.69. The Hall–Kier alpha value is -4.03. The highest BCUT2D eigenvalue weighted by molar-refractivity contribution is 7.90. The van der Waals surface area contributed by atoms with Gasteiger partial charge >= 0.3 is 5.97 Å². The van der Waals surface area contributed by atoms with Gasteiger partial charge in [0.05, 0.1) is 16.2 Å². The molecule has 4 aromatic carbocycles. The first-order chi connectivity index (χ1) is 17.6. The molecule has 5 nitrogen and oxygen atoms in total. The van der Waals surface area contributed by atoms with Crippen LogP contribution in [0.5, 0.6) is 0 Å². The molecule has 0 fully saturated rings. The minimum atomic E-state index is -3.53. The fraction of sp³-hybridized carbons (Fsp3) is 0.161. The summed E-state index contributed by atoms with van der Waals surface area (Å²) in [7, 11) is -3.53. The monoisotopic (exact) mass is 512 g/mol. The molecule has 0 spiro atoms. The van der Waals surface area contributed by atoms with E-state index in [9.17, 15) is 18.0 Å². The van der Waals surface area contributed by atoms with Gasteiger partial charge in [0.25, 0.3) is 0 Å². The summed E-state index contributed by atoms with van der Waals surface area (Å²) in [6.07, 6.45) is -1.11. The first kappa shape index (κ1) is 26.0. The summed E-state index contributed by atoms with van der Waals surface area (Å²) in [6, 6.07) is 27.2. The topological polar surface area (TPSA) is 77.5 Å². The van der Waals surface area contributed by atoms with Gasteiger partial charge in [-0.25, -0.2) is 13.2 Å². The van der Waals surface area contributed by atoms with Gasteiger partial charge in [0, 0.05) is 11.1 Å². The average molecular weight is 513 g/mol. The van der Waals surface area contributed by atoms with Crippen molar-refractivity contribution in [3.63, 3.8) is 0 Å². The van der Waals surface area contributed by atoms with E-state index in [0.717, 1.165) is 16.7 Å². The van der Waals surface area contributed by atoms with Crippen molar-refractivity contribution in [3.8, 4) is 0 Å². The molecule has 4 aromatic rings. The van der Waals surface area contributed by atoms with Crippen molar-refractivity contribution in [2.75, 3.05) is 0 Å². The van der Waals surface area contributed by atoms with Gasteiger partial charge in [-0.15, -0.1) is 0 Å². The Morgan fingerprint density at radius 3 is 1.97 bits per heavy atom. The minimum Gasteiger partial charge on any atom is -0.445 e. The maximum absolute atomic E-state index is 13.4. The number of carbonyl (C=O) groups excluding carboxylic acids is 2. The smallest absolute Gasteiger partial charge is 0.339 e. The van der Waals surface area contributed by atoms with Crippen LogP contribution >= 0.6 is 0 Å². The Morgan fingerprint density at radius 2 is 1.35 bits per heavy atom. The van der Waals surface area contributed by atoms with E-state index >= 15 is 0 Å². The SMILES string of the molecule is Cc1ccc(S(=O)(=O)Cc2ccc(C(=O)O[C@H](C(=O)c3ccc(C)c(C)c3)c3ccccc3)cc2)cc1. The summed E-state index contributed by atoms with van der Waals surface area (Å²) in [6.45, 7) is 5.79. The molecule has 0 aliphatic carbocycles. The van der Waals surface area contributed by atoms with Crippen LogP contribution in [0.1, 0.15) is 54.6 Å². The van der Waals surface area contributed by atoms with Crippen LogP contribution in [0.25, 0.3) is 0 Å². The van der Waals surface area contributed by atoms with Crippen LogP contribution in [-0.2, 0) is 20.3 Å². The third-order valence-electron chi connectivity index (χ3n) is 6.28. The molecule has 0 unspecified atom stereocenters. The molecule has 0 N–H and O–H groups in total. The second-order valence-corrected chi connectivity index (χ2v) is 11.1. The van der Waals surface area contributed by atoms with Crippen molar-refractivity contribution < 1.29 is 22.7 Å². The fourth-order valence-electron chi connectivity index (χ4n) is 3.91. The molecule has 188 valence electrons. The lowest BCUT2D eigenvalue weighted by Gasteiger charge is -2.18. The molecular formula is C31H28O5S. The van der Waals surface area contributed by atoms with Gasteiger partial charge in [-0.2, -0.15) is 0 Å². The van der Waals surface area contributed by atoms with Crippen molar-refractivity contribution in [2.24, 2.45) is 0 Å². The van der Waals surface area contributed by atoms with Crippen LogP contribution < -0.4 is 0 Å². The number of carbonyl (C=O) groups is 2. The molecular weight excluding hydrogens is 484 g/mol. The molecule has 0 amide bonds. The number of ketones is 1. The number of esters is 1. The highest BCUT2D eigenvalue weighted by Gasteiger charge is 2.27. The lowest BCUT2D eigenvalue weighted by molar-refractivity contribution is 0.0280. The van der Waals surface area contributed by atoms with Crippen LogP contribution in [-0.4, -0.2) is 20.2 Å². The summed E-state index contributed by atoms with van der Waals surface area (Å²) < 4.78 is 31.2. The molecule has 1 atom stereocenters. The molecule has 37 heavy (non-hydrogen) atoms. The predicted molar refractivity (Wildman–Crippen MR) is 143 cm³/mol. The molecule has 0 aliphatic rings. The Balaban J connectivity index is 1.54. The third-order valence-corrected chi connectivity index (χ3v) is 7.99. The molecule has 4 rings (SSSR count). The quantitative estimate of drug-likeness (QED) is 0.203. The molecule has 0 radical (unpaired) electrons. The number of sulfone groups is 1. The number of Topliss-reactive ketones (excluding diaryl/α,β-unsaturated/α-hetero) is 1. The van der Waals surface area contributed by atoms with Crippen molar-refractivity contribution in [3.05, 3.63) is 136 Å². The molecule has 0 saturated carbocycles. The maximum atomic E-state index is 13.4. The number of ether oxygens (including phenoxy) is 1. The molecule has 6 heteroatoms. The van der Waals surface area contributed by atoms with Gasteiger partial charge in [-0.1, -0.05) is 72.3 Å². The van der Waals surface area contributed by atoms with Gasteiger partial charge in [0.1, 0.15) is 0 Å². The van der Waals surface area contributed by atoms with Crippen LogP contribution in [0.3, 0.4) is 0 Å². The normalized spacial score (nSPS) is 12.1. The third kappa shape index (κ3) is 6.22. The lowest BCUT2D eigenvalue weighted by atomic mass is 9.97. The van der Waals surface area contributed by atoms with E-state index in [1.165, 1.54) is 12.1 Å². The Bertz CT molecular complexity index is 1520.